The van der Waals surface area contributed by atoms with Gasteiger partial charge in [-0.15, -0.1) is 0 Å². The topological polar surface area (TPSA) is 149 Å². The lowest BCUT2D eigenvalue weighted by molar-refractivity contribution is -0.127. The Bertz CT molecular complexity index is 1920. The highest BCUT2D eigenvalue weighted by atomic mass is 16.2. The van der Waals surface area contributed by atoms with Gasteiger partial charge in [0.25, 0.3) is 0 Å². The fourth-order valence-electron chi connectivity index (χ4n) is 6.06. The molecule has 1 amide bonds. The number of carbonyl (C=O) groups is 1. The Morgan fingerprint density at radius 2 is 1.65 bits per heavy atom. The highest BCUT2D eigenvalue weighted by Crippen LogP contribution is 2.32. The maximum absolute atomic E-state index is 12.7. The van der Waals surface area contributed by atoms with Crippen molar-refractivity contribution in [3.63, 3.8) is 0 Å². The fraction of sp³-hybridized carbons (Fsp3) is 0.303. The lowest BCUT2D eigenvalue weighted by atomic mass is 10.1. The molecule has 0 spiro atoms. The number of anilines is 3. The zero-order valence-corrected chi connectivity index (χ0v) is 25.6. The first-order valence-electron chi connectivity index (χ1n) is 15.4. The van der Waals surface area contributed by atoms with Crippen LogP contribution in [-0.4, -0.2) is 98.1 Å². The van der Waals surface area contributed by atoms with Crippen LogP contribution in [0.25, 0.3) is 28.2 Å². The summed E-state index contributed by atoms with van der Waals surface area (Å²) in [4.78, 5) is 43.7. The molecule has 0 aliphatic carbocycles. The van der Waals surface area contributed by atoms with Crippen molar-refractivity contribution in [3.05, 3.63) is 78.4 Å². The molecule has 13 nitrogen and oxygen atoms in total. The second-order valence-corrected chi connectivity index (χ2v) is 11.6. The van der Waals surface area contributed by atoms with E-state index in [1.54, 1.807) is 17.3 Å². The number of piperazine rings is 1. The molecule has 1 aromatic carbocycles. The summed E-state index contributed by atoms with van der Waals surface area (Å²) in [6, 6.07) is 20.0. The number of carbonyl (C=O) groups excluding carboxylic acids is 1. The number of aromatic nitrogens is 6. The van der Waals surface area contributed by atoms with Crippen LogP contribution in [0, 0.1) is 11.3 Å². The zero-order chi connectivity index (χ0) is 31.6. The third kappa shape index (κ3) is 5.78. The van der Waals surface area contributed by atoms with E-state index in [-0.39, 0.29) is 18.3 Å². The number of hydrogen-bond donors (Lipinski definition) is 1. The van der Waals surface area contributed by atoms with E-state index in [9.17, 15) is 4.79 Å². The Kier molecular flexibility index (Phi) is 7.86. The van der Waals surface area contributed by atoms with Crippen LogP contribution in [0.2, 0.25) is 0 Å². The lowest BCUT2D eigenvalue weighted by Gasteiger charge is -2.35. The maximum Gasteiger partial charge on any atom is 0.241 e. The van der Waals surface area contributed by atoms with Gasteiger partial charge in [-0.3, -0.25) is 14.3 Å². The number of imidazole rings is 1. The molecule has 2 saturated heterocycles. The number of pyridine rings is 2. The van der Waals surface area contributed by atoms with E-state index in [1.807, 2.05) is 52.9 Å². The Labute approximate surface area is 266 Å². The summed E-state index contributed by atoms with van der Waals surface area (Å²) in [6.07, 6.45) is 4.18. The zero-order valence-electron chi connectivity index (χ0n) is 25.6. The standard InChI is InChI=1S/C33H34N12O/c1-41-14-3-15-44(22-30(41)46)28-10-9-26-33(40-28)45(32(38-26)25-4-2-12-37-31(25)35)24-7-5-23(6-8-24)21-42-16-18-43(19-17-42)29-11-13-36-27(20-34)39-29/h2,4-13H,3,14-19,21-22H2,1H3,(H2,35,37). The van der Waals surface area contributed by atoms with Crippen LogP contribution >= 0.6 is 0 Å². The van der Waals surface area contributed by atoms with Crippen molar-refractivity contribution >= 4 is 34.5 Å². The van der Waals surface area contributed by atoms with Gasteiger partial charge in [-0.05, 0) is 54.4 Å². The normalized spacial score (nSPS) is 16.1. The van der Waals surface area contributed by atoms with Crippen LogP contribution < -0.4 is 15.5 Å². The number of fused-ring (bicyclic) bond motifs is 1. The SMILES string of the molecule is CN1CCCN(c2ccc3nc(-c4cccnc4N)n(-c4ccc(CN5CCN(c6ccnc(C#N)n6)CC5)cc4)c3n2)CC1=O. The van der Waals surface area contributed by atoms with E-state index in [1.165, 1.54) is 5.56 Å². The number of nitrogens with two attached hydrogens (primary N) is 1. The van der Waals surface area contributed by atoms with Crippen LogP contribution in [-0.2, 0) is 11.3 Å². The number of nitriles is 1. The molecule has 0 saturated carbocycles. The summed E-state index contributed by atoms with van der Waals surface area (Å²) in [5.41, 5.74) is 10.6. The van der Waals surface area contributed by atoms with Crippen LogP contribution in [0.15, 0.2) is 67.0 Å². The summed E-state index contributed by atoms with van der Waals surface area (Å²) < 4.78 is 2.03. The quantitative estimate of drug-likeness (QED) is 0.301. The van der Waals surface area contributed by atoms with E-state index in [2.05, 4.69) is 49.0 Å². The third-order valence-corrected chi connectivity index (χ3v) is 8.60. The van der Waals surface area contributed by atoms with Gasteiger partial charge in [-0.25, -0.2) is 24.9 Å². The molecule has 232 valence electrons. The highest BCUT2D eigenvalue weighted by molar-refractivity contribution is 5.85. The summed E-state index contributed by atoms with van der Waals surface area (Å²) in [7, 11) is 1.85. The van der Waals surface area contributed by atoms with Crippen LogP contribution in [0.3, 0.4) is 0 Å². The van der Waals surface area contributed by atoms with Crippen LogP contribution in [0.4, 0.5) is 17.5 Å². The largest absolute Gasteiger partial charge is 0.383 e. The van der Waals surface area contributed by atoms with E-state index >= 15 is 0 Å². The fourth-order valence-corrected chi connectivity index (χ4v) is 6.06. The number of rotatable bonds is 6. The van der Waals surface area contributed by atoms with E-state index in [4.69, 9.17) is 21.0 Å². The molecule has 2 aliphatic heterocycles. The first kappa shape index (κ1) is 29.1. The van der Waals surface area contributed by atoms with Crippen molar-refractivity contribution in [2.75, 3.05) is 68.4 Å². The van der Waals surface area contributed by atoms with Crippen molar-refractivity contribution in [2.24, 2.45) is 0 Å². The molecular formula is C33H34N12O. The van der Waals surface area contributed by atoms with E-state index in [0.29, 0.717) is 17.3 Å². The molecule has 13 heteroatoms. The molecule has 4 aromatic heterocycles. The average molecular weight is 615 g/mol. The molecule has 2 N–H and O–H groups in total. The predicted molar refractivity (Wildman–Crippen MR) is 175 cm³/mol. The third-order valence-electron chi connectivity index (χ3n) is 8.60. The summed E-state index contributed by atoms with van der Waals surface area (Å²) in [6.45, 7) is 5.98. The minimum Gasteiger partial charge on any atom is -0.383 e. The molecule has 0 atom stereocenters. The monoisotopic (exact) mass is 614 g/mol. The van der Waals surface area contributed by atoms with Crippen molar-refractivity contribution in [3.8, 4) is 23.1 Å². The number of nitrogens with zero attached hydrogens (tertiary/aromatic N) is 11. The number of benzene rings is 1. The Hall–Kier alpha value is -5.61. The van der Waals surface area contributed by atoms with Gasteiger partial charge in [0, 0.05) is 70.9 Å². The second-order valence-electron chi connectivity index (χ2n) is 11.6. The molecule has 6 heterocycles. The average Bonchev–Trinajstić information content (AvgIpc) is 3.38. The molecule has 7 rings (SSSR count). The van der Waals surface area contributed by atoms with Gasteiger partial charge in [0.1, 0.15) is 29.0 Å². The highest BCUT2D eigenvalue weighted by Gasteiger charge is 2.24. The molecule has 0 radical (unpaired) electrons. The van der Waals surface area contributed by atoms with E-state index < -0.39 is 0 Å². The number of hydrogen-bond acceptors (Lipinski definition) is 11. The van der Waals surface area contributed by atoms with Crippen molar-refractivity contribution in [1.29, 1.82) is 5.26 Å². The minimum absolute atomic E-state index is 0.0795. The first-order valence-corrected chi connectivity index (χ1v) is 15.4. The Morgan fingerprint density at radius 1 is 0.848 bits per heavy atom. The number of amides is 1. The van der Waals surface area contributed by atoms with Crippen molar-refractivity contribution in [1.82, 2.24) is 39.3 Å². The molecule has 5 aromatic rings. The molecule has 46 heavy (non-hydrogen) atoms. The van der Waals surface area contributed by atoms with Gasteiger partial charge < -0.3 is 20.4 Å². The molecule has 0 unspecified atom stereocenters. The van der Waals surface area contributed by atoms with Gasteiger partial charge in [0.15, 0.2) is 11.5 Å². The van der Waals surface area contributed by atoms with Gasteiger partial charge in [0.2, 0.25) is 11.7 Å². The first-order chi connectivity index (χ1) is 22.5. The minimum atomic E-state index is 0.0795. The van der Waals surface area contributed by atoms with Crippen molar-refractivity contribution < 1.29 is 4.79 Å². The number of nitrogen functional groups attached to an aromatic ring is 1. The second kappa shape index (κ2) is 12.4. The Morgan fingerprint density at radius 3 is 2.43 bits per heavy atom. The summed E-state index contributed by atoms with van der Waals surface area (Å²) in [5.74, 6) is 2.85. The summed E-state index contributed by atoms with van der Waals surface area (Å²) >= 11 is 0. The van der Waals surface area contributed by atoms with Crippen LogP contribution in [0.5, 0.6) is 0 Å². The van der Waals surface area contributed by atoms with Gasteiger partial charge in [-0.1, -0.05) is 12.1 Å². The summed E-state index contributed by atoms with van der Waals surface area (Å²) in [5, 5.41) is 9.14. The molecule has 2 fully saturated rings. The lowest BCUT2D eigenvalue weighted by Crippen LogP contribution is -2.46. The van der Waals surface area contributed by atoms with Gasteiger partial charge in [-0.2, -0.15) is 5.26 Å². The molecule has 2 aliphatic rings. The van der Waals surface area contributed by atoms with Crippen LogP contribution in [0.1, 0.15) is 17.8 Å². The molecule has 0 bridgehead atoms. The van der Waals surface area contributed by atoms with Gasteiger partial charge in [0.05, 0.1) is 12.1 Å². The predicted octanol–water partition coefficient (Wildman–Crippen LogP) is 2.72. The smallest absolute Gasteiger partial charge is 0.241 e. The van der Waals surface area contributed by atoms with E-state index in [0.717, 1.165) is 80.6 Å². The molecular weight excluding hydrogens is 580 g/mol. The van der Waals surface area contributed by atoms with Gasteiger partial charge >= 0.3 is 0 Å². The Balaban J connectivity index is 1.16. The number of likely N-dealkylation sites (N-methyl/N-ethyl adjacent to an activating group) is 1. The van der Waals surface area contributed by atoms with Crippen molar-refractivity contribution in [2.45, 2.75) is 13.0 Å². The maximum atomic E-state index is 12.7.